The number of fused-ring (bicyclic) bond motifs is 1. The first-order valence-electron chi connectivity index (χ1n) is 7.93. The first-order valence-corrected chi connectivity index (χ1v) is 7.93. The molecular weight excluding hydrogens is 251 g/mol. The second kappa shape index (κ2) is 8.13. The molecule has 20 heavy (non-hydrogen) atoms. The average molecular weight is 280 g/mol. The van der Waals surface area contributed by atoms with Crippen molar-refractivity contribution in [2.75, 3.05) is 23.3 Å². The molecule has 2 rings (SSSR count). The molecule has 0 aliphatic carbocycles. The summed E-state index contributed by atoms with van der Waals surface area (Å²) in [4.78, 5) is 2.59. The highest BCUT2D eigenvalue weighted by molar-refractivity contribution is 6.01. The minimum Gasteiger partial charge on any atom is -0.370 e. The highest BCUT2D eigenvalue weighted by Gasteiger charge is 2.25. The molecule has 3 heteroatoms. The van der Waals surface area contributed by atoms with Gasteiger partial charge in [-0.05, 0) is 31.4 Å². The van der Waals surface area contributed by atoms with E-state index in [0.29, 0.717) is 0 Å². The zero-order chi connectivity index (χ0) is 13.7. The fourth-order valence-corrected chi connectivity index (χ4v) is 2.67. The van der Waals surface area contributed by atoms with Crippen LogP contribution < -0.4 is 10.2 Å². The normalized spacial score (nSPS) is 11.3. The molecule has 0 saturated heterocycles. The van der Waals surface area contributed by atoms with Gasteiger partial charge in [0, 0.05) is 13.1 Å². The van der Waals surface area contributed by atoms with E-state index in [1.807, 2.05) is 0 Å². The number of benzene rings is 1. The molecule has 0 radical (unpaired) electrons. The third-order valence-corrected chi connectivity index (χ3v) is 3.98. The third-order valence-electron chi connectivity index (χ3n) is 3.98. The standard InChI is InChI=1S/C17H28N2.FH/c1-4-6-8-12-19(13-9-7-5-2)15-11-10-14(3)16-17(15)18-16;/h10-11,18H,4-9,12-13H2,1-3H3;1H. The Morgan fingerprint density at radius 3 is 2.05 bits per heavy atom. The van der Waals surface area contributed by atoms with Gasteiger partial charge in [0.15, 0.2) is 0 Å². The summed E-state index contributed by atoms with van der Waals surface area (Å²) in [5, 5.41) is 3.45. The van der Waals surface area contributed by atoms with Crippen molar-refractivity contribution in [3.05, 3.63) is 17.7 Å². The molecule has 1 N–H and O–H groups in total. The van der Waals surface area contributed by atoms with Crippen LogP contribution in [0, 0.1) is 6.92 Å². The summed E-state index contributed by atoms with van der Waals surface area (Å²) in [6.07, 6.45) is 7.90. The summed E-state index contributed by atoms with van der Waals surface area (Å²) in [5.74, 6) is 0. The zero-order valence-electron chi connectivity index (χ0n) is 13.2. The average Bonchev–Trinajstić information content (AvgIpc) is 3.19. The monoisotopic (exact) mass is 280 g/mol. The van der Waals surface area contributed by atoms with Gasteiger partial charge in [0.1, 0.15) is 0 Å². The molecule has 1 heterocycles. The Balaban J connectivity index is 0.00000200. The highest BCUT2D eigenvalue weighted by atomic mass is 19.0. The molecule has 0 atom stereocenters. The number of hydrogen-bond donors (Lipinski definition) is 1. The maximum Gasteiger partial charge on any atom is 0.0864 e. The second-order valence-corrected chi connectivity index (χ2v) is 5.68. The first-order chi connectivity index (χ1) is 9.27. The van der Waals surface area contributed by atoms with Crippen LogP contribution in [0.5, 0.6) is 0 Å². The van der Waals surface area contributed by atoms with Crippen molar-refractivity contribution in [2.24, 2.45) is 0 Å². The number of halogens is 1. The van der Waals surface area contributed by atoms with Gasteiger partial charge in [-0.1, -0.05) is 45.6 Å². The molecule has 114 valence electrons. The van der Waals surface area contributed by atoms with Gasteiger partial charge in [-0.25, -0.2) is 0 Å². The fourth-order valence-electron chi connectivity index (χ4n) is 2.67. The topological polar surface area (TPSA) is 25.2 Å². The molecule has 0 fully saturated rings. The van der Waals surface area contributed by atoms with Gasteiger partial charge in [-0.15, -0.1) is 0 Å². The van der Waals surface area contributed by atoms with Crippen LogP contribution in [0.25, 0.3) is 0 Å². The summed E-state index contributed by atoms with van der Waals surface area (Å²) in [5.41, 5.74) is 5.55. The summed E-state index contributed by atoms with van der Waals surface area (Å²) in [6, 6.07) is 4.55. The smallest absolute Gasteiger partial charge is 0.0864 e. The summed E-state index contributed by atoms with van der Waals surface area (Å²) < 4.78 is 0. The van der Waals surface area contributed by atoms with Crippen molar-refractivity contribution in [3.8, 4) is 0 Å². The van der Waals surface area contributed by atoms with Gasteiger partial charge in [0.2, 0.25) is 0 Å². The fraction of sp³-hybridized carbons (Fsp3) is 0.647. The van der Waals surface area contributed by atoms with Crippen LogP contribution >= 0.6 is 0 Å². The van der Waals surface area contributed by atoms with Gasteiger partial charge >= 0.3 is 0 Å². The number of hydrogen-bond acceptors (Lipinski definition) is 2. The quantitative estimate of drug-likeness (QED) is 0.492. The molecule has 2 nitrogen and oxygen atoms in total. The van der Waals surface area contributed by atoms with E-state index in [1.165, 1.54) is 74.2 Å². The Morgan fingerprint density at radius 2 is 1.50 bits per heavy atom. The Morgan fingerprint density at radius 1 is 0.900 bits per heavy atom. The van der Waals surface area contributed by atoms with E-state index in [2.05, 4.69) is 43.1 Å². The highest BCUT2D eigenvalue weighted by Crippen LogP contribution is 2.49. The Labute approximate surface area is 122 Å². The molecule has 0 unspecified atom stereocenters. The van der Waals surface area contributed by atoms with E-state index in [9.17, 15) is 0 Å². The van der Waals surface area contributed by atoms with Gasteiger partial charge in [-0.3, -0.25) is 4.70 Å². The molecule has 1 aromatic rings. The Bertz CT molecular complexity index is 408. The van der Waals surface area contributed by atoms with E-state index < -0.39 is 0 Å². The summed E-state index contributed by atoms with van der Waals surface area (Å²) in [7, 11) is 0. The number of aryl methyl sites for hydroxylation is 1. The van der Waals surface area contributed by atoms with Gasteiger partial charge < -0.3 is 10.2 Å². The predicted molar refractivity (Wildman–Crippen MR) is 88.2 cm³/mol. The van der Waals surface area contributed by atoms with Crippen molar-refractivity contribution in [2.45, 2.75) is 59.3 Å². The van der Waals surface area contributed by atoms with Gasteiger partial charge in [-0.2, -0.15) is 0 Å². The number of nitrogens with zero attached hydrogens (tertiary/aromatic N) is 1. The summed E-state index contributed by atoms with van der Waals surface area (Å²) >= 11 is 0. The second-order valence-electron chi connectivity index (χ2n) is 5.68. The number of unbranched alkanes of at least 4 members (excludes halogenated alkanes) is 4. The van der Waals surface area contributed by atoms with Crippen LogP contribution in [0.2, 0.25) is 0 Å². The molecule has 1 aliphatic rings. The van der Waals surface area contributed by atoms with Crippen LogP contribution in [0.3, 0.4) is 0 Å². The van der Waals surface area contributed by atoms with Gasteiger partial charge in [0.25, 0.3) is 0 Å². The molecule has 0 saturated carbocycles. The lowest BCUT2D eigenvalue weighted by Gasteiger charge is -2.24. The molecule has 0 aromatic heterocycles. The van der Waals surface area contributed by atoms with Crippen molar-refractivity contribution in [1.29, 1.82) is 0 Å². The van der Waals surface area contributed by atoms with Crippen LogP contribution in [-0.2, 0) is 0 Å². The van der Waals surface area contributed by atoms with Gasteiger partial charge in [0.05, 0.1) is 17.1 Å². The lowest BCUT2D eigenvalue weighted by molar-refractivity contribution is 0.637. The van der Waals surface area contributed by atoms with E-state index >= 15 is 0 Å². The van der Waals surface area contributed by atoms with E-state index in [0.717, 1.165) is 0 Å². The van der Waals surface area contributed by atoms with Crippen LogP contribution in [0.15, 0.2) is 12.1 Å². The van der Waals surface area contributed by atoms with Crippen molar-refractivity contribution in [1.82, 2.24) is 0 Å². The number of rotatable bonds is 9. The molecule has 0 amide bonds. The molecule has 0 bridgehead atoms. The van der Waals surface area contributed by atoms with E-state index in [4.69, 9.17) is 0 Å². The SMILES string of the molecule is CCCCCN(CCCCC)c1ccc(C)c2c1N2.F. The number of nitrogens with one attached hydrogen (secondary N) is 1. The predicted octanol–water partition coefficient (Wildman–Crippen LogP) is 5.39. The van der Waals surface area contributed by atoms with Crippen molar-refractivity contribution < 1.29 is 4.70 Å². The third kappa shape index (κ3) is 4.12. The van der Waals surface area contributed by atoms with E-state index in [-0.39, 0.29) is 4.70 Å². The lowest BCUT2D eigenvalue weighted by atomic mass is 10.1. The van der Waals surface area contributed by atoms with Crippen LogP contribution in [0.1, 0.15) is 57.9 Å². The number of anilines is 3. The maximum atomic E-state index is 3.45. The maximum absolute atomic E-state index is 3.45. The summed E-state index contributed by atoms with van der Waals surface area (Å²) in [6.45, 7) is 9.14. The largest absolute Gasteiger partial charge is 0.370 e. The molecular formula is C17H29FN2. The molecule has 1 aromatic carbocycles. The van der Waals surface area contributed by atoms with Crippen LogP contribution in [0.4, 0.5) is 21.8 Å². The minimum atomic E-state index is 0. The molecule has 0 spiro atoms. The first kappa shape index (κ1) is 16.8. The van der Waals surface area contributed by atoms with Crippen LogP contribution in [-0.4, -0.2) is 13.1 Å². The van der Waals surface area contributed by atoms with Crippen molar-refractivity contribution in [3.63, 3.8) is 0 Å². The minimum absolute atomic E-state index is 0. The Hall–Kier alpha value is -1.25. The van der Waals surface area contributed by atoms with Crippen molar-refractivity contribution >= 4 is 17.1 Å². The Kier molecular flexibility index (Phi) is 6.83. The zero-order valence-corrected chi connectivity index (χ0v) is 13.2. The molecule has 1 aliphatic heterocycles. The lowest BCUT2D eigenvalue weighted by Crippen LogP contribution is -2.25. The van der Waals surface area contributed by atoms with E-state index in [1.54, 1.807) is 0 Å².